The van der Waals surface area contributed by atoms with E-state index in [1.165, 1.54) is 18.9 Å². The fraction of sp³-hybridized carbons (Fsp3) is 0.455. The first-order chi connectivity index (χ1) is 7.31. The van der Waals surface area contributed by atoms with Gasteiger partial charge in [0.05, 0.1) is 12.1 Å². The monoisotopic (exact) mass is 223 g/mol. The van der Waals surface area contributed by atoms with Crippen LogP contribution in [0.3, 0.4) is 0 Å². The minimum Gasteiger partial charge on any atom is -0.468 e. The first-order valence-corrected chi connectivity index (χ1v) is 5.84. The minimum absolute atomic E-state index is 0.0788. The minimum atomic E-state index is -0.131. The molecule has 1 heterocycles. The summed E-state index contributed by atoms with van der Waals surface area (Å²) in [6.45, 7) is 0. The van der Waals surface area contributed by atoms with Crippen LogP contribution in [0.25, 0.3) is 0 Å². The predicted octanol–water partition coefficient (Wildman–Crippen LogP) is 2.13. The summed E-state index contributed by atoms with van der Waals surface area (Å²) in [5.41, 5.74) is 0. The van der Waals surface area contributed by atoms with Gasteiger partial charge in [-0.3, -0.25) is 4.79 Å². The third-order valence-corrected chi connectivity index (χ3v) is 3.68. The second-order valence-corrected chi connectivity index (χ2v) is 4.73. The van der Waals surface area contributed by atoms with E-state index in [0.29, 0.717) is 5.92 Å². The first kappa shape index (κ1) is 10.5. The molecule has 0 N–H and O–H groups in total. The quantitative estimate of drug-likeness (QED) is 0.579. The van der Waals surface area contributed by atoms with Crippen molar-refractivity contribution in [2.45, 2.75) is 23.1 Å². The summed E-state index contributed by atoms with van der Waals surface area (Å²) in [5.74, 6) is 0.345. The maximum Gasteiger partial charge on any atom is 0.319 e. The van der Waals surface area contributed by atoms with Crippen molar-refractivity contribution in [1.82, 2.24) is 4.98 Å². The highest BCUT2D eigenvalue weighted by atomic mass is 32.2. The summed E-state index contributed by atoms with van der Waals surface area (Å²) in [7, 11) is 1.44. The van der Waals surface area contributed by atoms with Gasteiger partial charge in [-0.25, -0.2) is 4.98 Å². The predicted molar refractivity (Wildman–Crippen MR) is 58.6 cm³/mol. The Kier molecular flexibility index (Phi) is 3.26. The van der Waals surface area contributed by atoms with Crippen LogP contribution in [-0.2, 0) is 9.53 Å². The van der Waals surface area contributed by atoms with E-state index in [1.807, 2.05) is 18.2 Å². The van der Waals surface area contributed by atoms with E-state index < -0.39 is 0 Å². The molecule has 0 aromatic carbocycles. The molecule has 80 valence electrons. The molecule has 1 fully saturated rings. The zero-order chi connectivity index (χ0) is 10.7. The van der Waals surface area contributed by atoms with Crippen LogP contribution < -0.4 is 0 Å². The largest absolute Gasteiger partial charge is 0.468 e. The molecule has 2 rings (SSSR count). The van der Waals surface area contributed by atoms with E-state index >= 15 is 0 Å². The third-order valence-electron chi connectivity index (χ3n) is 2.37. The van der Waals surface area contributed by atoms with Crippen molar-refractivity contribution in [2.75, 3.05) is 7.11 Å². The van der Waals surface area contributed by atoms with Crippen LogP contribution >= 0.6 is 11.8 Å². The molecule has 1 aromatic rings. The number of carbonyl (C=O) groups excluding carboxylic acids is 1. The van der Waals surface area contributed by atoms with Crippen molar-refractivity contribution in [3.05, 3.63) is 24.4 Å². The van der Waals surface area contributed by atoms with Gasteiger partial charge in [-0.05, 0) is 30.9 Å². The summed E-state index contributed by atoms with van der Waals surface area (Å²) in [5, 5.41) is 0.810. The fourth-order valence-electron chi connectivity index (χ4n) is 1.40. The molecule has 1 atom stereocenters. The molecule has 1 aliphatic rings. The second kappa shape index (κ2) is 4.66. The third kappa shape index (κ3) is 2.72. The van der Waals surface area contributed by atoms with Crippen molar-refractivity contribution < 1.29 is 9.53 Å². The van der Waals surface area contributed by atoms with E-state index in [9.17, 15) is 4.79 Å². The van der Waals surface area contributed by atoms with Crippen LogP contribution in [0.4, 0.5) is 0 Å². The van der Waals surface area contributed by atoms with Crippen LogP contribution in [-0.4, -0.2) is 23.3 Å². The SMILES string of the molecule is COC(=O)C(Sc1ccccn1)C1CC1. The Morgan fingerprint density at radius 1 is 1.60 bits per heavy atom. The van der Waals surface area contributed by atoms with Crippen molar-refractivity contribution in [1.29, 1.82) is 0 Å². The Hall–Kier alpha value is -1.03. The lowest BCUT2D eigenvalue weighted by Gasteiger charge is -2.12. The lowest BCUT2D eigenvalue weighted by molar-refractivity contribution is -0.140. The van der Waals surface area contributed by atoms with Gasteiger partial charge in [0.15, 0.2) is 0 Å². The Labute approximate surface area is 93.2 Å². The highest BCUT2D eigenvalue weighted by Crippen LogP contribution is 2.41. The van der Waals surface area contributed by atoms with Gasteiger partial charge >= 0.3 is 5.97 Å². The second-order valence-electron chi connectivity index (χ2n) is 3.57. The Morgan fingerprint density at radius 2 is 2.40 bits per heavy atom. The van der Waals surface area contributed by atoms with Crippen LogP contribution in [0.1, 0.15) is 12.8 Å². The van der Waals surface area contributed by atoms with E-state index in [-0.39, 0.29) is 11.2 Å². The molecule has 0 bridgehead atoms. The van der Waals surface area contributed by atoms with Gasteiger partial charge in [0.2, 0.25) is 0 Å². The number of nitrogens with zero attached hydrogens (tertiary/aromatic N) is 1. The fourth-order valence-corrected chi connectivity index (χ4v) is 2.59. The van der Waals surface area contributed by atoms with Crippen molar-refractivity contribution >= 4 is 17.7 Å². The molecule has 15 heavy (non-hydrogen) atoms. The van der Waals surface area contributed by atoms with Gasteiger partial charge < -0.3 is 4.74 Å². The Balaban J connectivity index is 2.04. The number of hydrogen-bond acceptors (Lipinski definition) is 4. The Morgan fingerprint density at radius 3 is 2.93 bits per heavy atom. The molecule has 0 radical (unpaired) electrons. The summed E-state index contributed by atoms with van der Waals surface area (Å²) < 4.78 is 4.80. The van der Waals surface area contributed by atoms with Gasteiger partial charge in [0.25, 0.3) is 0 Å². The molecular formula is C11H13NO2S. The molecular weight excluding hydrogens is 210 g/mol. The maximum absolute atomic E-state index is 11.5. The van der Waals surface area contributed by atoms with Crippen molar-refractivity contribution in [2.24, 2.45) is 5.92 Å². The molecule has 4 heteroatoms. The lowest BCUT2D eigenvalue weighted by atomic mass is 10.3. The lowest BCUT2D eigenvalue weighted by Crippen LogP contribution is -2.20. The number of hydrogen-bond donors (Lipinski definition) is 0. The van der Waals surface area contributed by atoms with Crippen LogP contribution in [0, 0.1) is 5.92 Å². The smallest absolute Gasteiger partial charge is 0.319 e. The normalized spacial score (nSPS) is 17.1. The molecule has 1 aromatic heterocycles. The number of carbonyl (C=O) groups is 1. The van der Waals surface area contributed by atoms with Gasteiger partial charge in [-0.15, -0.1) is 0 Å². The molecule has 0 spiro atoms. The first-order valence-electron chi connectivity index (χ1n) is 4.97. The number of rotatable bonds is 4. The summed E-state index contributed by atoms with van der Waals surface area (Å²) >= 11 is 1.51. The molecule has 1 unspecified atom stereocenters. The van der Waals surface area contributed by atoms with Gasteiger partial charge in [-0.2, -0.15) is 0 Å². The van der Waals surface area contributed by atoms with E-state index in [0.717, 1.165) is 17.9 Å². The van der Waals surface area contributed by atoms with Crippen molar-refractivity contribution in [3.8, 4) is 0 Å². The molecule has 0 aliphatic heterocycles. The average molecular weight is 223 g/mol. The Bertz CT molecular complexity index is 338. The zero-order valence-corrected chi connectivity index (χ0v) is 9.37. The molecule has 3 nitrogen and oxygen atoms in total. The number of pyridine rings is 1. The van der Waals surface area contributed by atoms with Crippen LogP contribution in [0.2, 0.25) is 0 Å². The number of ether oxygens (including phenoxy) is 1. The summed E-state index contributed by atoms with van der Waals surface area (Å²) in [6, 6.07) is 5.72. The van der Waals surface area contributed by atoms with Crippen molar-refractivity contribution in [3.63, 3.8) is 0 Å². The summed E-state index contributed by atoms with van der Waals surface area (Å²) in [4.78, 5) is 15.7. The number of esters is 1. The number of aromatic nitrogens is 1. The zero-order valence-electron chi connectivity index (χ0n) is 8.55. The number of thioether (sulfide) groups is 1. The molecule has 1 aliphatic carbocycles. The van der Waals surface area contributed by atoms with Gasteiger partial charge in [-0.1, -0.05) is 17.8 Å². The standard InChI is InChI=1S/C11H13NO2S/c1-14-11(13)10(8-5-6-8)15-9-4-2-3-7-12-9/h2-4,7-8,10H,5-6H2,1H3. The van der Waals surface area contributed by atoms with Crippen LogP contribution in [0.5, 0.6) is 0 Å². The maximum atomic E-state index is 11.5. The molecule has 1 saturated carbocycles. The van der Waals surface area contributed by atoms with Crippen LogP contribution in [0.15, 0.2) is 29.4 Å². The molecule has 0 saturated heterocycles. The topological polar surface area (TPSA) is 39.2 Å². The highest BCUT2D eigenvalue weighted by molar-refractivity contribution is 8.00. The number of methoxy groups -OCH3 is 1. The van der Waals surface area contributed by atoms with E-state index in [2.05, 4.69) is 4.98 Å². The summed E-state index contributed by atoms with van der Waals surface area (Å²) in [6.07, 6.45) is 3.99. The highest BCUT2D eigenvalue weighted by Gasteiger charge is 2.37. The van der Waals surface area contributed by atoms with Gasteiger partial charge in [0, 0.05) is 6.20 Å². The molecule has 0 amide bonds. The van der Waals surface area contributed by atoms with E-state index in [4.69, 9.17) is 4.74 Å². The average Bonchev–Trinajstić information content (AvgIpc) is 3.10. The van der Waals surface area contributed by atoms with E-state index in [1.54, 1.807) is 6.20 Å². The van der Waals surface area contributed by atoms with Gasteiger partial charge in [0.1, 0.15) is 5.25 Å².